The number of carbonyl (C=O) groups is 1. The van der Waals surface area contributed by atoms with Crippen LogP contribution in [0.4, 0.5) is 5.95 Å². The molecule has 2 aromatic heterocycles. The number of aryl methyl sites for hydroxylation is 2. The summed E-state index contributed by atoms with van der Waals surface area (Å²) in [6.45, 7) is 5.48. The standard InChI is InChI=1S/C17H23N5O3/c1-10-6-14(11(2)25-10)16(24)22-5-4-13(9-22)21(3)8-12-7-15(23)20-17(18)19-12/h6-7,13H,4-5,8-9H2,1-3H3,(H3,18,19,20,23). The maximum Gasteiger partial charge on any atom is 0.257 e. The molecule has 3 N–H and O–H groups in total. The van der Waals surface area contributed by atoms with E-state index in [4.69, 9.17) is 10.2 Å². The number of hydrogen-bond donors (Lipinski definition) is 2. The van der Waals surface area contributed by atoms with Crippen LogP contribution in [0.25, 0.3) is 0 Å². The Morgan fingerprint density at radius 3 is 2.88 bits per heavy atom. The van der Waals surface area contributed by atoms with E-state index in [1.165, 1.54) is 6.07 Å². The summed E-state index contributed by atoms with van der Waals surface area (Å²) >= 11 is 0. The number of likely N-dealkylation sites (tertiary alicyclic amines) is 1. The number of aromatic amines is 1. The molecule has 0 radical (unpaired) electrons. The van der Waals surface area contributed by atoms with Gasteiger partial charge in [-0.3, -0.25) is 19.5 Å². The molecule has 0 bridgehead atoms. The molecule has 134 valence electrons. The predicted octanol–water partition coefficient (Wildman–Crippen LogP) is 0.908. The largest absolute Gasteiger partial charge is 0.466 e. The smallest absolute Gasteiger partial charge is 0.257 e. The highest BCUT2D eigenvalue weighted by atomic mass is 16.3. The van der Waals surface area contributed by atoms with Gasteiger partial charge in [-0.1, -0.05) is 0 Å². The summed E-state index contributed by atoms with van der Waals surface area (Å²) in [5.41, 5.74) is 6.57. The molecule has 1 aliphatic heterocycles. The lowest BCUT2D eigenvalue weighted by molar-refractivity contribution is 0.0777. The van der Waals surface area contributed by atoms with E-state index in [1.54, 1.807) is 6.07 Å². The Morgan fingerprint density at radius 2 is 2.24 bits per heavy atom. The molecular formula is C17H23N5O3. The number of carbonyl (C=O) groups excluding carboxylic acids is 1. The minimum Gasteiger partial charge on any atom is -0.466 e. The Morgan fingerprint density at radius 1 is 1.48 bits per heavy atom. The monoisotopic (exact) mass is 345 g/mol. The highest BCUT2D eigenvalue weighted by molar-refractivity contribution is 5.95. The van der Waals surface area contributed by atoms with Crippen LogP contribution in [0, 0.1) is 13.8 Å². The molecular weight excluding hydrogens is 322 g/mol. The number of rotatable bonds is 4. The normalized spacial score (nSPS) is 17.4. The first kappa shape index (κ1) is 17.2. The average molecular weight is 345 g/mol. The van der Waals surface area contributed by atoms with E-state index < -0.39 is 0 Å². The van der Waals surface area contributed by atoms with Crippen LogP contribution >= 0.6 is 0 Å². The highest BCUT2D eigenvalue weighted by Crippen LogP contribution is 2.21. The lowest BCUT2D eigenvalue weighted by atomic mass is 10.2. The zero-order valence-corrected chi connectivity index (χ0v) is 14.7. The summed E-state index contributed by atoms with van der Waals surface area (Å²) in [6, 6.07) is 3.44. The molecule has 2 aromatic rings. The van der Waals surface area contributed by atoms with Gasteiger partial charge in [0.05, 0.1) is 11.3 Å². The van der Waals surface area contributed by atoms with Gasteiger partial charge in [0.1, 0.15) is 11.5 Å². The number of likely N-dealkylation sites (N-methyl/N-ethyl adjacent to an activating group) is 1. The van der Waals surface area contributed by atoms with Crippen LogP contribution in [0.2, 0.25) is 0 Å². The van der Waals surface area contributed by atoms with Crippen LogP contribution in [-0.4, -0.2) is 51.9 Å². The summed E-state index contributed by atoms with van der Waals surface area (Å²) < 4.78 is 5.46. The van der Waals surface area contributed by atoms with Crippen LogP contribution in [0.3, 0.4) is 0 Å². The van der Waals surface area contributed by atoms with Crippen LogP contribution < -0.4 is 11.3 Å². The number of furan rings is 1. The Balaban J connectivity index is 1.64. The third-order valence-electron chi connectivity index (χ3n) is 4.57. The molecule has 1 amide bonds. The maximum atomic E-state index is 12.7. The van der Waals surface area contributed by atoms with Crippen LogP contribution in [-0.2, 0) is 6.54 Å². The van der Waals surface area contributed by atoms with Gasteiger partial charge in [0.15, 0.2) is 0 Å². The van der Waals surface area contributed by atoms with E-state index in [0.29, 0.717) is 36.7 Å². The number of H-pyrrole nitrogens is 1. The molecule has 1 atom stereocenters. The van der Waals surface area contributed by atoms with Gasteiger partial charge < -0.3 is 15.1 Å². The number of nitrogen functional groups attached to an aromatic ring is 1. The summed E-state index contributed by atoms with van der Waals surface area (Å²) in [5, 5.41) is 0. The van der Waals surface area contributed by atoms with Crippen LogP contribution in [0.1, 0.15) is 34.0 Å². The lowest BCUT2D eigenvalue weighted by Gasteiger charge is -2.24. The second-order valence-corrected chi connectivity index (χ2v) is 6.56. The van der Waals surface area contributed by atoms with Gasteiger partial charge in [-0.05, 0) is 33.4 Å². The number of aromatic nitrogens is 2. The fourth-order valence-corrected chi connectivity index (χ4v) is 3.29. The van der Waals surface area contributed by atoms with E-state index in [-0.39, 0.29) is 23.5 Å². The summed E-state index contributed by atoms with van der Waals surface area (Å²) in [6.07, 6.45) is 0.872. The fourth-order valence-electron chi connectivity index (χ4n) is 3.29. The average Bonchev–Trinajstić information content (AvgIpc) is 3.12. The molecule has 3 rings (SSSR count). The predicted molar refractivity (Wildman–Crippen MR) is 93.2 cm³/mol. The number of nitrogens with two attached hydrogens (primary N) is 1. The van der Waals surface area contributed by atoms with E-state index in [1.807, 2.05) is 25.8 Å². The van der Waals surface area contributed by atoms with Crippen molar-refractivity contribution in [3.05, 3.63) is 45.3 Å². The molecule has 8 heteroatoms. The van der Waals surface area contributed by atoms with Crippen molar-refractivity contribution in [2.24, 2.45) is 0 Å². The molecule has 0 spiro atoms. The van der Waals surface area contributed by atoms with Crippen molar-refractivity contribution in [3.63, 3.8) is 0 Å². The van der Waals surface area contributed by atoms with Gasteiger partial charge in [-0.2, -0.15) is 0 Å². The molecule has 1 aliphatic rings. The summed E-state index contributed by atoms with van der Waals surface area (Å²) in [4.78, 5) is 34.7. The molecule has 1 fully saturated rings. The minimum atomic E-state index is -0.259. The zero-order valence-electron chi connectivity index (χ0n) is 14.7. The van der Waals surface area contributed by atoms with Crippen LogP contribution in [0.5, 0.6) is 0 Å². The van der Waals surface area contributed by atoms with Crippen molar-refractivity contribution in [1.82, 2.24) is 19.8 Å². The van der Waals surface area contributed by atoms with E-state index in [0.717, 1.165) is 12.2 Å². The molecule has 0 aromatic carbocycles. The fraction of sp³-hybridized carbons (Fsp3) is 0.471. The Kier molecular flexibility index (Phi) is 4.63. The third kappa shape index (κ3) is 3.74. The number of anilines is 1. The molecule has 3 heterocycles. The van der Waals surface area contributed by atoms with E-state index in [9.17, 15) is 9.59 Å². The van der Waals surface area contributed by atoms with Gasteiger partial charge in [0.2, 0.25) is 5.95 Å². The molecule has 0 aliphatic carbocycles. The molecule has 8 nitrogen and oxygen atoms in total. The summed E-state index contributed by atoms with van der Waals surface area (Å²) in [7, 11) is 1.96. The number of hydrogen-bond acceptors (Lipinski definition) is 6. The lowest BCUT2D eigenvalue weighted by Crippen LogP contribution is -2.36. The molecule has 0 saturated carbocycles. The molecule has 25 heavy (non-hydrogen) atoms. The topological polar surface area (TPSA) is 108 Å². The Hall–Kier alpha value is -2.61. The number of amides is 1. The van der Waals surface area contributed by atoms with Crippen molar-refractivity contribution >= 4 is 11.9 Å². The second-order valence-electron chi connectivity index (χ2n) is 6.56. The SMILES string of the molecule is Cc1cc(C(=O)N2CCC(N(C)Cc3cc(=O)[nH]c(N)n3)C2)c(C)o1. The van der Waals surface area contributed by atoms with Gasteiger partial charge in [0, 0.05) is 31.7 Å². The van der Waals surface area contributed by atoms with Crippen molar-refractivity contribution in [3.8, 4) is 0 Å². The van der Waals surface area contributed by atoms with E-state index in [2.05, 4.69) is 14.9 Å². The number of nitrogens with one attached hydrogen (secondary N) is 1. The number of nitrogens with zero attached hydrogens (tertiary/aromatic N) is 3. The second kappa shape index (κ2) is 6.72. The Labute approximate surface area is 145 Å². The van der Waals surface area contributed by atoms with Gasteiger partial charge in [0.25, 0.3) is 11.5 Å². The molecule has 1 unspecified atom stereocenters. The van der Waals surface area contributed by atoms with Crippen molar-refractivity contribution < 1.29 is 9.21 Å². The third-order valence-corrected chi connectivity index (χ3v) is 4.57. The van der Waals surface area contributed by atoms with Crippen molar-refractivity contribution in [2.75, 3.05) is 25.9 Å². The van der Waals surface area contributed by atoms with Crippen molar-refractivity contribution in [2.45, 2.75) is 32.9 Å². The zero-order chi connectivity index (χ0) is 18.1. The van der Waals surface area contributed by atoms with Gasteiger partial charge >= 0.3 is 0 Å². The minimum absolute atomic E-state index is 0.00350. The maximum absolute atomic E-state index is 12.7. The summed E-state index contributed by atoms with van der Waals surface area (Å²) in [5.74, 6) is 1.52. The van der Waals surface area contributed by atoms with Gasteiger partial charge in [-0.15, -0.1) is 0 Å². The Bertz CT molecular complexity index is 841. The quantitative estimate of drug-likeness (QED) is 0.852. The highest BCUT2D eigenvalue weighted by Gasteiger charge is 2.31. The van der Waals surface area contributed by atoms with Crippen LogP contribution in [0.15, 0.2) is 21.3 Å². The van der Waals surface area contributed by atoms with Crippen molar-refractivity contribution in [1.29, 1.82) is 0 Å². The first-order valence-electron chi connectivity index (χ1n) is 8.25. The van der Waals surface area contributed by atoms with E-state index >= 15 is 0 Å². The van der Waals surface area contributed by atoms with Gasteiger partial charge in [-0.25, -0.2) is 4.98 Å². The first-order valence-corrected chi connectivity index (χ1v) is 8.25. The first-order chi connectivity index (χ1) is 11.8. The molecule has 1 saturated heterocycles.